The summed E-state index contributed by atoms with van der Waals surface area (Å²) in [6, 6.07) is 16.6. The molecule has 0 aliphatic rings. The van der Waals surface area contributed by atoms with Crippen LogP contribution in [-0.2, 0) is 6.42 Å². The molecule has 4 aromatic rings. The van der Waals surface area contributed by atoms with Crippen molar-refractivity contribution in [2.24, 2.45) is 11.5 Å². The van der Waals surface area contributed by atoms with E-state index in [1.807, 2.05) is 41.8 Å². The average molecular weight is 445 g/mol. The van der Waals surface area contributed by atoms with Crippen LogP contribution < -0.4 is 21.9 Å². The van der Waals surface area contributed by atoms with E-state index in [-0.39, 0.29) is 11.3 Å². The van der Waals surface area contributed by atoms with E-state index in [0.29, 0.717) is 23.2 Å². The molecule has 0 radical (unpaired) electrons. The highest BCUT2D eigenvalue weighted by Crippen LogP contribution is 2.40. The third-order valence-corrected chi connectivity index (χ3v) is 5.87. The lowest BCUT2D eigenvalue weighted by Gasteiger charge is -2.19. The van der Waals surface area contributed by atoms with Crippen molar-refractivity contribution in [3.8, 4) is 27.3 Å². The smallest absolute Gasteiger partial charge is 0.409 e. The first-order valence-corrected chi connectivity index (χ1v) is 10.6. The first-order valence-electron chi connectivity index (χ1n) is 9.69. The minimum atomic E-state index is -1.04. The fourth-order valence-corrected chi connectivity index (χ4v) is 4.34. The largest absolute Gasteiger partial charge is 0.410 e. The molecule has 32 heavy (non-hydrogen) atoms. The molecule has 8 heteroatoms. The summed E-state index contributed by atoms with van der Waals surface area (Å²) in [7, 11) is 0. The molecule has 0 fully saturated rings. The van der Waals surface area contributed by atoms with Crippen molar-refractivity contribution in [1.82, 2.24) is 4.98 Å². The molecule has 4 rings (SSSR count). The summed E-state index contributed by atoms with van der Waals surface area (Å²) < 4.78 is 5.10. The Morgan fingerprint density at radius 1 is 1.03 bits per heavy atom. The highest BCUT2D eigenvalue weighted by Gasteiger charge is 2.23. The first-order chi connectivity index (χ1) is 15.4. The zero-order valence-corrected chi connectivity index (χ0v) is 17.8. The van der Waals surface area contributed by atoms with Gasteiger partial charge in [-0.2, -0.15) is 0 Å². The fourth-order valence-electron chi connectivity index (χ4n) is 3.61. The van der Waals surface area contributed by atoms with Gasteiger partial charge in [0.25, 0.3) is 5.91 Å². The number of nitrogens with two attached hydrogens (primary N) is 3. The predicted octanol–water partition coefficient (Wildman–Crippen LogP) is 4.21. The number of nitrogens with zero attached hydrogens (tertiary/aromatic N) is 1. The van der Waals surface area contributed by atoms with Gasteiger partial charge in [0, 0.05) is 34.1 Å². The van der Waals surface area contributed by atoms with E-state index in [0.717, 1.165) is 21.6 Å². The Bertz CT molecular complexity index is 1290. The number of pyridine rings is 1. The Labute approximate surface area is 188 Å². The van der Waals surface area contributed by atoms with E-state index >= 15 is 0 Å². The average Bonchev–Trinajstić information content (AvgIpc) is 3.30. The van der Waals surface area contributed by atoms with E-state index in [4.69, 9.17) is 21.9 Å². The van der Waals surface area contributed by atoms with Gasteiger partial charge in [-0.1, -0.05) is 24.3 Å². The Balaban J connectivity index is 1.98. The van der Waals surface area contributed by atoms with E-state index in [2.05, 4.69) is 4.98 Å². The second-order valence-corrected chi connectivity index (χ2v) is 8.02. The number of carbonyl (C=O) groups is 2. The first kappa shape index (κ1) is 21.1. The summed E-state index contributed by atoms with van der Waals surface area (Å²) in [6.45, 7) is 0. The van der Waals surface area contributed by atoms with Gasteiger partial charge in [-0.3, -0.25) is 9.78 Å². The number of hydrogen-bond acceptors (Lipinski definition) is 6. The number of amides is 2. The van der Waals surface area contributed by atoms with Crippen molar-refractivity contribution in [1.29, 1.82) is 0 Å². The molecule has 0 bridgehead atoms. The summed E-state index contributed by atoms with van der Waals surface area (Å²) in [5.74, 6) is -0.777. The Kier molecular flexibility index (Phi) is 5.87. The van der Waals surface area contributed by atoms with Crippen LogP contribution in [-0.4, -0.2) is 17.0 Å². The monoisotopic (exact) mass is 444 g/mol. The van der Waals surface area contributed by atoms with E-state index in [1.54, 1.807) is 35.9 Å². The highest BCUT2D eigenvalue weighted by molar-refractivity contribution is 7.13. The zero-order valence-electron chi connectivity index (χ0n) is 16.9. The standard InChI is InChI=1S/C24H20N4O3S/c25-18-7-5-15(20-4-2-10-32-20)12-17(18)21-16(11-14-3-1-9-28-13-14)6-8-19(31-24(27)30)22(21)23(26)29/h1-10,12-13H,11,25H2,(H2,26,29)(H2,27,30). The van der Waals surface area contributed by atoms with Gasteiger partial charge >= 0.3 is 6.09 Å². The van der Waals surface area contributed by atoms with Gasteiger partial charge in [-0.25, -0.2) is 4.79 Å². The van der Waals surface area contributed by atoms with Gasteiger partial charge in [0.1, 0.15) is 5.75 Å². The van der Waals surface area contributed by atoms with Crippen molar-refractivity contribution in [3.05, 3.63) is 89.1 Å². The Morgan fingerprint density at radius 2 is 1.88 bits per heavy atom. The van der Waals surface area contributed by atoms with Crippen molar-refractivity contribution in [2.75, 3.05) is 5.73 Å². The molecule has 0 aliphatic carbocycles. The number of anilines is 1. The van der Waals surface area contributed by atoms with Gasteiger partial charge in [-0.05, 0) is 58.8 Å². The minimum Gasteiger partial charge on any atom is -0.410 e. The van der Waals surface area contributed by atoms with Crippen LogP contribution >= 0.6 is 11.3 Å². The number of ether oxygens (including phenoxy) is 1. The van der Waals surface area contributed by atoms with E-state index < -0.39 is 12.0 Å². The molecule has 7 nitrogen and oxygen atoms in total. The number of primary amides is 2. The zero-order chi connectivity index (χ0) is 22.7. The van der Waals surface area contributed by atoms with Gasteiger partial charge in [0.15, 0.2) is 0 Å². The molecule has 2 amide bonds. The van der Waals surface area contributed by atoms with Crippen LogP contribution in [0.4, 0.5) is 10.5 Å². The van der Waals surface area contributed by atoms with Crippen molar-refractivity contribution >= 4 is 29.0 Å². The molecular weight excluding hydrogens is 424 g/mol. The second-order valence-electron chi connectivity index (χ2n) is 7.08. The van der Waals surface area contributed by atoms with Gasteiger partial charge in [-0.15, -0.1) is 11.3 Å². The summed E-state index contributed by atoms with van der Waals surface area (Å²) in [6.07, 6.45) is 2.85. The molecule has 160 valence electrons. The number of benzene rings is 2. The minimum absolute atomic E-state index is 0.0177. The molecule has 0 unspecified atom stereocenters. The molecule has 0 saturated heterocycles. The molecule has 2 aromatic carbocycles. The lowest BCUT2D eigenvalue weighted by molar-refractivity contribution is 0.0998. The molecule has 2 heterocycles. The number of rotatable bonds is 6. The highest BCUT2D eigenvalue weighted by atomic mass is 32.1. The molecule has 6 N–H and O–H groups in total. The van der Waals surface area contributed by atoms with Gasteiger partial charge < -0.3 is 21.9 Å². The maximum atomic E-state index is 12.6. The molecule has 0 atom stereocenters. The van der Waals surface area contributed by atoms with Crippen LogP contribution in [0.5, 0.6) is 5.75 Å². The maximum absolute atomic E-state index is 12.6. The molecule has 0 saturated carbocycles. The van der Waals surface area contributed by atoms with E-state index in [1.165, 1.54) is 6.07 Å². The summed E-state index contributed by atoms with van der Waals surface area (Å²) in [4.78, 5) is 29.2. The Hall–Kier alpha value is -4.17. The van der Waals surface area contributed by atoms with Crippen LogP contribution in [0, 0.1) is 0 Å². The van der Waals surface area contributed by atoms with Crippen LogP contribution in [0.2, 0.25) is 0 Å². The normalized spacial score (nSPS) is 10.6. The third kappa shape index (κ3) is 4.30. The number of carbonyl (C=O) groups excluding carboxylic acids is 2. The van der Waals surface area contributed by atoms with Crippen LogP contribution in [0.3, 0.4) is 0 Å². The van der Waals surface area contributed by atoms with Crippen molar-refractivity contribution in [2.45, 2.75) is 6.42 Å². The molecular formula is C24H20N4O3S. The van der Waals surface area contributed by atoms with Crippen LogP contribution in [0.25, 0.3) is 21.6 Å². The van der Waals surface area contributed by atoms with E-state index in [9.17, 15) is 9.59 Å². The number of hydrogen-bond donors (Lipinski definition) is 3. The van der Waals surface area contributed by atoms with Crippen LogP contribution in [0.15, 0.2) is 72.4 Å². The number of aromatic nitrogens is 1. The molecule has 0 spiro atoms. The van der Waals surface area contributed by atoms with Crippen molar-refractivity contribution in [3.63, 3.8) is 0 Å². The van der Waals surface area contributed by atoms with Gasteiger partial charge in [0.2, 0.25) is 0 Å². The third-order valence-electron chi connectivity index (χ3n) is 4.96. The quantitative estimate of drug-likeness (QED) is 0.383. The SMILES string of the molecule is NC(=O)Oc1ccc(Cc2cccnc2)c(-c2cc(-c3cccs3)ccc2N)c1C(N)=O. The lowest BCUT2D eigenvalue weighted by atomic mass is 9.88. The number of nitrogen functional groups attached to an aromatic ring is 1. The summed E-state index contributed by atoms with van der Waals surface area (Å²) >= 11 is 1.59. The maximum Gasteiger partial charge on any atom is 0.409 e. The topological polar surface area (TPSA) is 134 Å². The Morgan fingerprint density at radius 3 is 2.53 bits per heavy atom. The second kappa shape index (κ2) is 8.91. The fraction of sp³-hybridized carbons (Fsp3) is 0.0417. The lowest BCUT2D eigenvalue weighted by Crippen LogP contribution is -2.21. The molecule has 0 aliphatic heterocycles. The summed E-state index contributed by atoms with van der Waals surface area (Å²) in [5.41, 5.74) is 21.6. The number of thiophene rings is 1. The molecule has 2 aromatic heterocycles. The van der Waals surface area contributed by atoms with Gasteiger partial charge in [0.05, 0.1) is 5.56 Å². The predicted molar refractivity (Wildman–Crippen MR) is 125 cm³/mol. The summed E-state index contributed by atoms with van der Waals surface area (Å²) in [5, 5.41) is 1.98. The van der Waals surface area contributed by atoms with Crippen LogP contribution in [0.1, 0.15) is 21.5 Å². The van der Waals surface area contributed by atoms with Crippen molar-refractivity contribution < 1.29 is 14.3 Å².